The summed E-state index contributed by atoms with van der Waals surface area (Å²) >= 11 is 0. The molecule has 0 saturated heterocycles. The number of ether oxygens (including phenoxy) is 2. The van der Waals surface area contributed by atoms with Crippen molar-refractivity contribution >= 4 is 23.7 Å². The van der Waals surface area contributed by atoms with Crippen molar-refractivity contribution in [2.75, 3.05) is 25.4 Å². The third-order valence-electron chi connectivity index (χ3n) is 3.45. The number of carbonyl (C=O) groups is 3. The van der Waals surface area contributed by atoms with E-state index in [0.29, 0.717) is 16.8 Å². The zero-order chi connectivity index (χ0) is 19.6. The van der Waals surface area contributed by atoms with Gasteiger partial charge < -0.3 is 25.8 Å². The standard InChI is InChI=1S/C19H21N3O5/c1-2-26-19(25)27-16-9-5-14(6-10-16)18(24)22-12-11-21-17(23)13-3-7-15(20)8-4-13/h3-10H,2,11-12,20H2,1H3,(H,21,23)(H,22,24). The Morgan fingerprint density at radius 3 is 1.81 bits per heavy atom. The maximum atomic E-state index is 12.1. The average molecular weight is 371 g/mol. The van der Waals surface area contributed by atoms with Gasteiger partial charge in [-0.3, -0.25) is 9.59 Å². The van der Waals surface area contributed by atoms with E-state index in [1.165, 1.54) is 24.3 Å². The Bertz CT molecular complexity index is 788. The first-order valence-electron chi connectivity index (χ1n) is 8.36. The summed E-state index contributed by atoms with van der Waals surface area (Å²) in [5.41, 5.74) is 7.05. The fourth-order valence-electron chi connectivity index (χ4n) is 2.11. The molecule has 0 bridgehead atoms. The summed E-state index contributed by atoms with van der Waals surface area (Å²) in [6.45, 7) is 2.43. The molecule has 0 aliphatic heterocycles. The topological polar surface area (TPSA) is 120 Å². The number of amides is 2. The van der Waals surface area contributed by atoms with Gasteiger partial charge in [0.1, 0.15) is 5.75 Å². The highest BCUT2D eigenvalue weighted by atomic mass is 16.7. The van der Waals surface area contributed by atoms with Crippen LogP contribution in [0.2, 0.25) is 0 Å². The Labute approximate surface area is 156 Å². The Morgan fingerprint density at radius 2 is 1.33 bits per heavy atom. The lowest BCUT2D eigenvalue weighted by Crippen LogP contribution is -2.34. The lowest BCUT2D eigenvalue weighted by Gasteiger charge is -2.08. The number of benzene rings is 2. The van der Waals surface area contributed by atoms with E-state index >= 15 is 0 Å². The van der Waals surface area contributed by atoms with E-state index in [1.54, 1.807) is 31.2 Å². The number of carbonyl (C=O) groups excluding carboxylic acids is 3. The number of nitrogen functional groups attached to an aromatic ring is 1. The third kappa shape index (κ3) is 6.35. The lowest BCUT2D eigenvalue weighted by molar-refractivity contribution is 0.0927. The highest BCUT2D eigenvalue weighted by Crippen LogP contribution is 2.13. The molecule has 2 aromatic rings. The van der Waals surface area contributed by atoms with Gasteiger partial charge in [0.05, 0.1) is 6.61 Å². The summed E-state index contributed by atoms with van der Waals surface area (Å²) in [6.07, 6.45) is -0.799. The number of nitrogens with two attached hydrogens (primary N) is 1. The highest BCUT2D eigenvalue weighted by Gasteiger charge is 2.09. The molecule has 0 aromatic heterocycles. The van der Waals surface area contributed by atoms with Gasteiger partial charge in [0.2, 0.25) is 0 Å². The minimum atomic E-state index is -0.799. The fourth-order valence-corrected chi connectivity index (χ4v) is 2.11. The number of rotatable bonds is 7. The molecular weight excluding hydrogens is 350 g/mol. The maximum absolute atomic E-state index is 12.1. The van der Waals surface area contributed by atoms with Crippen LogP contribution < -0.4 is 21.1 Å². The average Bonchev–Trinajstić information content (AvgIpc) is 2.66. The van der Waals surface area contributed by atoms with E-state index in [4.69, 9.17) is 10.5 Å². The predicted molar refractivity (Wildman–Crippen MR) is 99.6 cm³/mol. The molecule has 0 atom stereocenters. The predicted octanol–water partition coefficient (Wildman–Crippen LogP) is 1.96. The summed E-state index contributed by atoms with van der Waals surface area (Å²) in [7, 11) is 0. The molecule has 8 nitrogen and oxygen atoms in total. The molecular formula is C19H21N3O5. The quantitative estimate of drug-likeness (QED) is 0.296. The second-order valence-corrected chi connectivity index (χ2v) is 5.44. The van der Waals surface area contributed by atoms with Crippen LogP contribution in [0.25, 0.3) is 0 Å². The van der Waals surface area contributed by atoms with Crippen LogP contribution in [0.3, 0.4) is 0 Å². The number of nitrogens with one attached hydrogen (secondary N) is 2. The summed E-state index contributed by atoms with van der Waals surface area (Å²) in [6, 6.07) is 12.6. The molecule has 0 heterocycles. The Morgan fingerprint density at radius 1 is 0.852 bits per heavy atom. The summed E-state index contributed by atoms with van der Waals surface area (Å²) in [4.78, 5) is 35.2. The van der Waals surface area contributed by atoms with E-state index in [1.807, 2.05) is 0 Å². The molecule has 0 unspecified atom stereocenters. The molecule has 4 N–H and O–H groups in total. The molecule has 2 rings (SSSR count). The zero-order valence-corrected chi connectivity index (χ0v) is 14.9. The van der Waals surface area contributed by atoms with Gasteiger partial charge in [-0.25, -0.2) is 4.79 Å². The van der Waals surface area contributed by atoms with Crippen LogP contribution in [-0.2, 0) is 4.74 Å². The second kappa shape index (κ2) is 9.81. The second-order valence-electron chi connectivity index (χ2n) is 5.44. The largest absolute Gasteiger partial charge is 0.513 e. The Kier molecular flexibility index (Phi) is 7.18. The van der Waals surface area contributed by atoms with Crippen LogP contribution in [-0.4, -0.2) is 37.7 Å². The number of anilines is 1. The first-order chi connectivity index (χ1) is 13.0. The summed E-state index contributed by atoms with van der Waals surface area (Å²) in [5.74, 6) is -0.273. The van der Waals surface area contributed by atoms with Gasteiger partial charge in [-0.2, -0.15) is 0 Å². The minimum absolute atomic E-state index is 0.216. The number of hydrogen-bond donors (Lipinski definition) is 3. The third-order valence-corrected chi connectivity index (χ3v) is 3.45. The minimum Gasteiger partial charge on any atom is -0.434 e. The van der Waals surface area contributed by atoms with Gasteiger partial charge in [-0.05, 0) is 55.5 Å². The summed E-state index contributed by atoms with van der Waals surface area (Å²) < 4.78 is 9.58. The summed E-state index contributed by atoms with van der Waals surface area (Å²) in [5, 5.41) is 5.39. The van der Waals surface area contributed by atoms with Crippen molar-refractivity contribution in [3.63, 3.8) is 0 Å². The molecule has 8 heteroatoms. The van der Waals surface area contributed by atoms with E-state index in [9.17, 15) is 14.4 Å². The SMILES string of the molecule is CCOC(=O)Oc1ccc(C(=O)NCCNC(=O)c2ccc(N)cc2)cc1. The van der Waals surface area contributed by atoms with Crippen molar-refractivity contribution in [2.24, 2.45) is 0 Å². The molecule has 2 amide bonds. The Hall–Kier alpha value is -3.55. The van der Waals surface area contributed by atoms with Crippen LogP contribution >= 0.6 is 0 Å². The molecule has 0 aliphatic rings. The van der Waals surface area contributed by atoms with Gasteiger partial charge in [0.25, 0.3) is 11.8 Å². The van der Waals surface area contributed by atoms with Crippen molar-refractivity contribution < 1.29 is 23.9 Å². The van der Waals surface area contributed by atoms with Crippen LogP contribution in [0.5, 0.6) is 5.75 Å². The molecule has 142 valence electrons. The number of hydrogen-bond acceptors (Lipinski definition) is 6. The van der Waals surface area contributed by atoms with E-state index in [0.717, 1.165) is 0 Å². The normalized spacial score (nSPS) is 9.96. The molecule has 0 fully saturated rings. The molecule has 27 heavy (non-hydrogen) atoms. The molecule has 0 aliphatic carbocycles. The van der Waals surface area contributed by atoms with E-state index in [2.05, 4.69) is 15.4 Å². The van der Waals surface area contributed by atoms with E-state index < -0.39 is 6.16 Å². The van der Waals surface area contributed by atoms with E-state index in [-0.39, 0.29) is 37.3 Å². The van der Waals surface area contributed by atoms with Crippen molar-refractivity contribution in [3.8, 4) is 5.75 Å². The first kappa shape index (κ1) is 19.8. The fraction of sp³-hybridized carbons (Fsp3) is 0.211. The van der Waals surface area contributed by atoms with Crippen molar-refractivity contribution in [1.29, 1.82) is 0 Å². The first-order valence-corrected chi connectivity index (χ1v) is 8.36. The molecule has 0 radical (unpaired) electrons. The van der Waals surface area contributed by atoms with Gasteiger partial charge in [-0.15, -0.1) is 0 Å². The maximum Gasteiger partial charge on any atom is 0.513 e. The smallest absolute Gasteiger partial charge is 0.434 e. The molecule has 0 spiro atoms. The van der Waals surface area contributed by atoms with Crippen LogP contribution in [0.1, 0.15) is 27.6 Å². The van der Waals surface area contributed by atoms with Gasteiger partial charge in [-0.1, -0.05) is 0 Å². The van der Waals surface area contributed by atoms with Crippen molar-refractivity contribution in [3.05, 3.63) is 59.7 Å². The molecule has 0 saturated carbocycles. The van der Waals surface area contributed by atoms with Gasteiger partial charge in [0.15, 0.2) is 0 Å². The lowest BCUT2D eigenvalue weighted by atomic mass is 10.2. The highest BCUT2D eigenvalue weighted by molar-refractivity contribution is 5.95. The Balaban J connectivity index is 1.74. The van der Waals surface area contributed by atoms with Gasteiger partial charge >= 0.3 is 6.16 Å². The molecule has 2 aromatic carbocycles. The monoisotopic (exact) mass is 371 g/mol. The van der Waals surface area contributed by atoms with Crippen molar-refractivity contribution in [1.82, 2.24) is 10.6 Å². The zero-order valence-electron chi connectivity index (χ0n) is 14.9. The van der Waals surface area contributed by atoms with Crippen LogP contribution in [0.4, 0.5) is 10.5 Å². The van der Waals surface area contributed by atoms with Gasteiger partial charge in [0, 0.05) is 29.9 Å². The van der Waals surface area contributed by atoms with Crippen LogP contribution in [0.15, 0.2) is 48.5 Å². The van der Waals surface area contributed by atoms with Crippen LogP contribution in [0, 0.1) is 0 Å². The van der Waals surface area contributed by atoms with Crippen molar-refractivity contribution in [2.45, 2.75) is 6.92 Å².